The molecule has 19 heavy (non-hydrogen) atoms. The fourth-order valence-electron chi connectivity index (χ4n) is 1.51. The quantitative estimate of drug-likeness (QED) is 0.817. The highest BCUT2D eigenvalue weighted by atomic mass is 32.2. The van der Waals surface area contributed by atoms with Gasteiger partial charge >= 0.3 is 0 Å². The van der Waals surface area contributed by atoms with E-state index in [0.717, 1.165) is 5.57 Å². The van der Waals surface area contributed by atoms with Crippen molar-refractivity contribution in [2.24, 2.45) is 5.14 Å². The van der Waals surface area contributed by atoms with Crippen molar-refractivity contribution in [3.63, 3.8) is 0 Å². The molecule has 0 heterocycles. The summed E-state index contributed by atoms with van der Waals surface area (Å²) in [6.07, 6.45) is 1.89. The van der Waals surface area contributed by atoms with Crippen molar-refractivity contribution < 1.29 is 13.2 Å². The van der Waals surface area contributed by atoms with Crippen LogP contribution in [0.5, 0.6) is 0 Å². The van der Waals surface area contributed by atoms with E-state index >= 15 is 0 Å². The normalized spacial score (nSPS) is 10.9. The topological polar surface area (TPSA) is 89.3 Å². The molecule has 0 bridgehead atoms. The van der Waals surface area contributed by atoms with E-state index in [2.05, 4.69) is 5.32 Å². The number of amides is 1. The van der Waals surface area contributed by atoms with Crippen molar-refractivity contribution in [2.45, 2.75) is 25.7 Å². The highest BCUT2D eigenvalue weighted by Gasteiger charge is 2.13. The smallest absolute Gasteiger partial charge is 0.251 e. The average Bonchev–Trinajstić information content (AvgIpc) is 2.26. The molecule has 104 valence electrons. The Morgan fingerprint density at radius 2 is 2.00 bits per heavy atom. The van der Waals surface area contributed by atoms with Crippen LogP contribution in [0.4, 0.5) is 0 Å². The Hall–Kier alpha value is -1.66. The molecular formula is C13H18N2O3S. The van der Waals surface area contributed by atoms with Gasteiger partial charge in [-0.3, -0.25) is 4.79 Å². The Morgan fingerprint density at radius 3 is 2.47 bits per heavy atom. The molecule has 1 aromatic carbocycles. The molecule has 0 aliphatic rings. The van der Waals surface area contributed by atoms with Gasteiger partial charge in [0.05, 0.1) is 4.90 Å². The Bertz CT molecular complexity index is 615. The summed E-state index contributed by atoms with van der Waals surface area (Å²) >= 11 is 0. The van der Waals surface area contributed by atoms with Gasteiger partial charge in [-0.05, 0) is 44.5 Å². The fraction of sp³-hybridized carbons (Fsp3) is 0.308. The third-order valence-corrected chi connectivity index (χ3v) is 3.45. The molecule has 0 atom stereocenters. The second-order valence-electron chi connectivity index (χ2n) is 4.51. The highest BCUT2D eigenvalue weighted by Crippen LogP contribution is 2.14. The average molecular weight is 282 g/mol. The van der Waals surface area contributed by atoms with Crippen LogP contribution in [-0.4, -0.2) is 20.9 Å². The van der Waals surface area contributed by atoms with Crippen LogP contribution < -0.4 is 10.5 Å². The number of primary sulfonamides is 1. The Labute approximate surface area is 113 Å². The molecule has 5 nitrogen and oxygen atoms in total. The number of sulfonamides is 1. The van der Waals surface area contributed by atoms with Crippen molar-refractivity contribution in [1.29, 1.82) is 0 Å². The summed E-state index contributed by atoms with van der Waals surface area (Å²) < 4.78 is 22.4. The summed E-state index contributed by atoms with van der Waals surface area (Å²) in [5.41, 5.74) is 2.12. The SMILES string of the molecule is CC(C)=CCNC(=O)c1ccc(S(N)(=O)=O)cc1C. The second-order valence-corrected chi connectivity index (χ2v) is 6.07. The molecule has 0 saturated carbocycles. The molecule has 6 heteroatoms. The monoisotopic (exact) mass is 282 g/mol. The van der Waals surface area contributed by atoms with Gasteiger partial charge in [-0.15, -0.1) is 0 Å². The van der Waals surface area contributed by atoms with Gasteiger partial charge in [-0.25, -0.2) is 13.6 Å². The zero-order valence-electron chi connectivity index (χ0n) is 11.2. The van der Waals surface area contributed by atoms with Crippen molar-refractivity contribution in [1.82, 2.24) is 5.32 Å². The van der Waals surface area contributed by atoms with Gasteiger partial charge in [0.2, 0.25) is 10.0 Å². The molecule has 0 unspecified atom stereocenters. The van der Waals surface area contributed by atoms with Crippen LogP contribution in [0.1, 0.15) is 29.8 Å². The second kappa shape index (κ2) is 5.99. The number of hydrogen-bond acceptors (Lipinski definition) is 3. The van der Waals surface area contributed by atoms with E-state index in [1.54, 1.807) is 6.92 Å². The first-order valence-corrected chi connectivity index (χ1v) is 7.31. The van der Waals surface area contributed by atoms with Crippen LogP contribution in [0.25, 0.3) is 0 Å². The summed E-state index contributed by atoms with van der Waals surface area (Å²) in [7, 11) is -3.74. The predicted octanol–water partition coefficient (Wildman–Crippen LogP) is 1.34. The van der Waals surface area contributed by atoms with E-state index < -0.39 is 10.0 Å². The Balaban J connectivity index is 2.91. The Morgan fingerprint density at radius 1 is 1.37 bits per heavy atom. The maximum atomic E-state index is 11.9. The maximum absolute atomic E-state index is 11.9. The lowest BCUT2D eigenvalue weighted by molar-refractivity contribution is 0.0957. The van der Waals surface area contributed by atoms with Crippen LogP contribution >= 0.6 is 0 Å². The maximum Gasteiger partial charge on any atom is 0.251 e. The zero-order valence-corrected chi connectivity index (χ0v) is 12.0. The number of aryl methyl sites for hydroxylation is 1. The first-order valence-electron chi connectivity index (χ1n) is 5.77. The molecule has 0 aliphatic carbocycles. The minimum Gasteiger partial charge on any atom is -0.349 e. The zero-order chi connectivity index (χ0) is 14.6. The summed E-state index contributed by atoms with van der Waals surface area (Å²) in [5.74, 6) is -0.240. The number of rotatable bonds is 4. The standard InChI is InChI=1S/C13H18N2O3S/c1-9(2)6-7-15-13(16)12-5-4-11(8-10(12)3)19(14,17)18/h4-6,8H,7H2,1-3H3,(H,15,16)(H2,14,17,18). The molecule has 0 aliphatic heterocycles. The third-order valence-electron chi connectivity index (χ3n) is 2.54. The molecule has 1 rings (SSSR count). The molecule has 0 fully saturated rings. The van der Waals surface area contributed by atoms with Crippen molar-refractivity contribution in [2.75, 3.05) is 6.54 Å². The van der Waals surface area contributed by atoms with E-state index in [0.29, 0.717) is 17.7 Å². The molecule has 0 saturated heterocycles. The van der Waals surface area contributed by atoms with Gasteiger partial charge in [-0.1, -0.05) is 11.6 Å². The van der Waals surface area contributed by atoms with Gasteiger partial charge in [-0.2, -0.15) is 0 Å². The van der Waals surface area contributed by atoms with Crippen molar-refractivity contribution in [3.05, 3.63) is 41.0 Å². The molecule has 3 N–H and O–H groups in total. The van der Waals surface area contributed by atoms with E-state index in [1.165, 1.54) is 18.2 Å². The van der Waals surface area contributed by atoms with Crippen molar-refractivity contribution in [3.8, 4) is 0 Å². The van der Waals surface area contributed by atoms with Gasteiger partial charge in [0.15, 0.2) is 0 Å². The summed E-state index contributed by atoms with van der Waals surface area (Å²) in [6.45, 7) is 6.00. The number of nitrogens with two attached hydrogens (primary N) is 1. The number of nitrogens with one attached hydrogen (secondary N) is 1. The number of benzene rings is 1. The number of hydrogen-bond donors (Lipinski definition) is 2. The Kier molecular flexibility index (Phi) is 4.85. The van der Waals surface area contributed by atoms with Crippen LogP contribution in [0.3, 0.4) is 0 Å². The van der Waals surface area contributed by atoms with Crippen LogP contribution in [0, 0.1) is 6.92 Å². The van der Waals surface area contributed by atoms with Crippen LogP contribution in [0.2, 0.25) is 0 Å². The third kappa shape index (κ3) is 4.50. The molecule has 0 radical (unpaired) electrons. The molecule has 1 amide bonds. The van der Waals surface area contributed by atoms with Crippen molar-refractivity contribution >= 4 is 15.9 Å². The van der Waals surface area contributed by atoms with E-state index in [4.69, 9.17) is 5.14 Å². The van der Waals surface area contributed by atoms with E-state index in [9.17, 15) is 13.2 Å². The number of allylic oxidation sites excluding steroid dienone is 1. The number of carbonyl (C=O) groups excluding carboxylic acids is 1. The van der Waals surface area contributed by atoms with Gasteiger partial charge in [0.25, 0.3) is 5.91 Å². The van der Waals surface area contributed by atoms with Gasteiger partial charge in [0, 0.05) is 12.1 Å². The first kappa shape index (κ1) is 15.4. The largest absolute Gasteiger partial charge is 0.349 e. The highest BCUT2D eigenvalue weighted by molar-refractivity contribution is 7.89. The van der Waals surface area contributed by atoms with Crippen LogP contribution in [0.15, 0.2) is 34.7 Å². The molecule has 0 aromatic heterocycles. The molecule has 0 spiro atoms. The molecule has 1 aromatic rings. The lowest BCUT2D eigenvalue weighted by Crippen LogP contribution is -2.24. The summed E-state index contributed by atoms with van der Waals surface area (Å²) in [6, 6.07) is 4.19. The van der Waals surface area contributed by atoms with E-state index in [-0.39, 0.29) is 10.8 Å². The summed E-state index contributed by atoms with van der Waals surface area (Å²) in [5, 5.41) is 7.76. The molecular weight excluding hydrogens is 264 g/mol. The van der Waals surface area contributed by atoms with Gasteiger partial charge < -0.3 is 5.32 Å². The minimum absolute atomic E-state index is 0.00542. The summed E-state index contributed by atoms with van der Waals surface area (Å²) in [4.78, 5) is 11.9. The lowest BCUT2D eigenvalue weighted by Gasteiger charge is -2.07. The van der Waals surface area contributed by atoms with Crippen LogP contribution in [-0.2, 0) is 10.0 Å². The van der Waals surface area contributed by atoms with Gasteiger partial charge in [0.1, 0.15) is 0 Å². The predicted molar refractivity (Wildman–Crippen MR) is 74.3 cm³/mol. The minimum atomic E-state index is -3.74. The number of carbonyl (C=O) groups is 1. The van der Waals surface area contributed by atoms with E-state index in [1.807, 2.05) is 19.9 Å². The first-order chi connectivity index (χ1) is 8.71. The fourth-order valence-corrected chi connectivity index (χ4v) is 2.11. The lowest BCUT2D eigenvalue weighted by atomic mass is 10.1.